The predicted molar refractivity (Wildman–Crippen MR) is 69.9 cm³/mol. The second-order valence-electron chi connectivity index (χ2n) is 3.97. The molecule has 0 radical (unpaired) electrons. The Morgan fingerprint density at radius 1 is 1.10 bits per heavy atom. The molecule has 6 heteroatoms. The number of hydrogen-bond acceptors (Lipinski definition) is 3. The largest absolute Gasteiger partial charge is 0.480 e. The van der Waals surface area contributed by atoms with E-state index in [0.717, 1.165) is 11.0 Å². The zero-order chi connectivity index (χ0) is 14.5. The summed E-state index contributed by atoms with van der Waals surface area (Å²) in [5.74, 6) is -2.63. The molecule has 2 aromatic rings. The van der Waals surface area contributed by atoms with E-state index in [1.165, 1.54) is 12.1 Å². The predicted octanol–water partition coefficient (Wildman–Crippen LogP) is 1.95. The minimum atomic E-state index is -1.17. The van der Waals surface area contributed by atoms with Gasteiger partial charge in [-0.15, -0.1) is 0 Å². The van der Waals surface area contributed by atoms with Crippen molar-refractivity contribution >= 4 is 17.6 Å². The minimum absolute atomic E-state index is 0.143. The number of carbonyl (C=O) groups excluding carboxylic acids is 1. The lowest BCUT2D eigenvalue weighted by Gasteiger charge is -2.20. The van der Waals surface area contributed by atoms with Gasteiger partial charge in [0.15, 0.2) is 0 Å². The molecule has 0 bridgehead atoms. The molecule has 1 N–H and O–H groups in total. The Balaban J connectivity index is 2.36. The first-order valence-corrected chi connectivity index (χ1v) is 5.79. The van der Waals surface area contributed by atoms with E-state index in [-0.39, 0.29) is 5.69 Å². The van der Waals surface area contributed by atoms with Crippen molar-refractivity contribution in [1.82, 2.24) is 4.98 Å². The first-order valence-electron chi connectivity index (χ1n) is 5.79. The van der Waals surface area contributed by atoms with Crippen LogP contribution in [0.3, 0.4) is 0 Å². The summed E-state index contributed by atoms with van der Waals surface area (Å²) in [6.45, 7) is -0.527. The number of nitrogens with zero attached hydrogens (tertiary/aromatic N) is 2. The van der Waals surface area contributed by atoms with E-state index < -0.39 is 24.4 Å². The Kier molecular flexibility index (Phi) is 4.05. The Bertz CT molecular complexity index is 631. The van der Waals surface area contributed by atoms with Crippen molar-refractivity contribution in [2.45, 2.75) is 0 Å². The van der Waals surface area contributed by atoms with Crippen LogP contribution in [0.1, 0.15) is 10.5 Å². The van der Waals surface area contributed by atoms with Crippen LogP contribution in [0.2, 0.25) is 0 Å². The van der Waals surface area contributed by atoms with E-state index in [4.69, 9.17) is 5.11 Å². The number of carbonyl (C=O) groups is 2. The number of halogens is 1. The van der Waals surface area contributed by atoms with Crippen LogP contribution < -0.4 is 4.90 Å². The van der Waals surface area contributed by atoms with Gasteiger partial charge in [-0.2, -0.15) is 4.39 Å². The van der Waals surface area contributed by atoms with Gasteiger partial charge >= 0.3 is 5.97 Å². The molecule has 0 saturated carbocycles. The molecule has 1 amide bonds. The normalized spacial score (nSPS) is 10.1. The zero-order valence-corrected chi connectivity index (χ0v) is 10.4. The fourth-order valence-electron chi connectivity index (χ4n) is 1.69. The number of hydrogen-bond donors (Lipinski definition) is 1. The molecule has 0 atom stereocenters. The smallest absolute Gasteiger partial charge is 0.323 e. The number of aromatic nitrogens is 1. The van der Waals surface area contributed by atoms with Gasteiger partial charge < -0.3 is 5.11 Å². The Morgan fingerprint density at radius 2 is 1.80 bits per heavy atom. The summed E-state index contributed by atoms with van der Waals surface area (Å²) in [5.41, 5.74) is 0.265. The van der Waals surface area contributed by atoms with E-state index in [9.17, 15) is 14.0 Å². The summed E-state index contributed by atoms with van der Waals surface area (Å²) >= 11 is 0. The highest BCUT2D eigenvalue weighted by Gasteiger charge is 2.21. The van der Waals surface area contributed by atoms with Gasteiger partial charge in [0.1, 0.15) is 12.2 Å². The van der Waals surface area contributed by atoms with Crippen molar-refractivity contribution in [1.29, 1.82) is 0 Å². The van der Waals surface area contributed by atoms with E-state index in [1.807, 2.05) is 0 Å². The summed E-state index contributed by atoms with van der Waals surface area (Å²) in [7, 11) is 0. The highest BCUT2D eigenvalue weighted by Crippen LogP contribution is 2.16. The lowest BCUT2D eigenvalue weighted by atomic mass is 10.2. The van der Waals surface area contributed by atoms with Gasteiger partial charge in [0.2, 0.25) is 5.95 Å². The molecule has 0 aliphatic rings. The van der Waals surface area contributed by atoms with Crippen LogP contribution in [0, 0.1) is 5.95 Å². The van der Waals surface area contributed by atoms with Crippen molar-refractivity contribution in [3.05, 3.63) is 60.2 Å². The maximum absolute atomic E-state index is 13.1. The molecule has 5 nitrogen and oxygen atoms in total. The molecule has 1 heterocycles. The lowest BCUT2D eigenvalue weighted by molar-refractivity contribution is -0.135. The molecular weight excluding hydrogens is 263 g/mol. The summed E-state index contributed by atoms with van der Waals surface area (Å²) in [4.78, 5) is 27.7. The maximum Gasteiger partial charge on any atom is 0.323 e. The third-order valence-electron chi connectivity index (χ3n) is 2.54. The number of carboxylic acid groups (broad SMARTS) is 1. The van der Waals surface area contributed by atoms with Gasteiger partial charge in [-0.3, -0.25) is 14.5 Å². The van der Waals surface area contributed by atoms with Gasteiger partial charge in [-0.25, -0.2) is 4.98 Å². The average molecular weight is 274 g/mol. The van der Waals surface area contributed by atoms with Crippen LogP contribution >= 0.6 is 0 Å². The Labute approximate surface area is 114 Å². The lowest BCUT2D eigenvalue weighted by Crippen LogP contribution is -2.36. The van der Waals surface area contributed by atoms with Gasteiger partial charge in [0, 0.05) is 5.69 Å². The van der Waals surface area contributed by atoms with Crippen molar-refractivity contribution in [2.75, 3.05) is 11.4 Å². The van der Waals surface area contributed by atoms with Gasteiger partial charge in [-0.05, 0) is 24.3 Å². The maximum atomic E-state index is 13.1. The van der Waals surface area contributed by atoms with E-state index in [2.05, 4.69) is 4.98 Å². The highest BCUT2D eigenvalue weighted by molar-refractivity contribution is 6.06. The monoisotopic (exact) mass is 274 g/mol. The van der Waals surface area contributed by atoms with E-state index >= 15 is 0 Å². The van der Waals surface area contributed by atoms with Crippen LogP contribution in [0.5, 0.6) is 0 Å². The topological polar surface area (TPSA) is 70.5 Å². The van der Waals surface area contributed by atoms with Crippen molar-refractivity contribution in [3.63, 3.8) is 0 Å². The molecule has 1 aromatic carbocycles. The van der Waals surface area contributed by atoms with Gasteiger partial charge in [-0.1, -0.05) is 24.3 Å². The summed E-state index contributed by atoms with van der Waals surface area (Å²) in [6, 6.07) is 12.1. The van der Waals surface area contributed by atoms with Crippen molar-refractivity contribution in [3.8, 4) is 0 Å². The van der Waals surface area contributed by atoms with E-state index in [1.54, 1.807) is 30.3 Å². The second-order valence-corrected chi connectivity index (χ2v) is 3.97. The zero-order valence-electron chi connectivity index (χ0n) is 10.4. The SMILES string of the molecule is O=C(O)CN(C(=O)c1cccc(F)n1)c1ccccc1. The van der Waals surface area contributed by atoms with Crippen LogP contribution in [0.25, 0.3) is 0 Å². The fraction of sp³-hybridized carbons (Fsp3) is 0.0714. The molecule has 2 rings (SSSR count). The molecule has 1 aromatic heterocycles. The standard InChI is InChI=1S/C14H11FN2O3/c15-12-8-4-7-11(16-12)14(20)17(9-13(18)19)10-5-2-1-3-6-10/h1-8H,9H2,(H,18,19). The molecular formula is C14H11FN2O3. The minimum Gasteiger partial charge on any atom is -0.480 e. The Hall–Kier alpha value is -2.76. The number of amides is 1. The number of rotatable bonds is 4. The molecule has 0 aliphatic heterocycles. The number of para-hydroxylation sites is 1. The molecule has 0 spiro atoms. The second kappa shape index (κ2) is 5.92. The van der Waals surface area contributed by atoms with Crippen LogP contribution in [0.4, 0.5) is 10.1 Å². The molecule has 20 heavy (non-hydrogen) atoms. The average Bonchev–Trinajstić information content (AvgIpc) is 2.45. The third-order valence-corrected chi connectivity index (χ3v) is 2.54. The third kappa shape index (κ3) is 3.17. The summed E-state index contributed by atoms with van der Waals surface area (Å²) in [5, 5.41) is 8.91. The van der Waals surface area contributed by atoms with Crippen LogP contribution in [0.15, 0.2) is 48.5 Å². The summed E-state index contributed by atoms with van der Waals surface area (Å²) in [6.07, 6.45) is 0. The number of pyridine rings is 1. The molecule has 0 saturated heterocycles. The van der Waals surface area contributed by atoms with Gasteiger partial charge in [0.25, 0.3) is 5.91 Å². The summed E-state index contributed by atoms with van der Waals surface area (Å²) < 4.78 is 13.1. The molecule has 0 unspecified atom stereocenters. The van der Waals surface area contributed by atoms with Gasteiger partial charge in [0.05, 0.1) is 0 Å². The van der Waals surface area contributed by atoms with Crippen LogP contribution in [-0.4, -0.2) is 28.5 Å². The fourth-order valence-corrected chi connectivity index (χ4v) is 1.69. The number of anilines is 1. The van der Waals surface area contributed by atoms with Crippen molar-refractivity contribution in [2.24, 2.45) is 0 Å². The number of carboxylic acids is 1. The highest BCUT2D eigenvalue weighted by atomic mass is 19.1. The quantitative estimate of drug-likeness (QED) is 0.865. The Morgan fingerprint density at radius 3 is 2.40 bits per heavy atom. The van der Waals surface area contributed by atoms with Crippen LogP contribution in [-0.2, 0) is 4.79 Å². The first-order chi connectivity index (χ1) is 9.58. The molecule has 0 aliphatic carbocycles. The van der Waals surface area contributed by atoms with Crippen molar-refractivity contribution < 1.29 is 19.1 Å². The molecule has 0 fully saturated rings. The number of aliphatic carboxylic acids is 1. The molecule has 102 valence electrons. The number of benzene rings is 1. The van der Waals surface area contributed by atoms with E-state index in [0.29, 0.717) is 5.69 Å². The first kappa shape index (κ1) is 13.7.